The molecule has 0 aliphatic heterocycles. The molecule has 2 amide bonds. The van der Waals surface area contributed by atoms with Crippen molar-refractivity contribution in [2.45, 2.75) is 69.0 Å². The Balaban J connectivity index is 1.57. The Kier molecular flexibility index (Phi) is 11.8. The van der Waals surface area contributed by atoms with Gasteiger partial charge in [-0.2, -0.15) is 0 Å². The van der Waals surface area contributed by atoms with Crippen molar-refractivity contribution in [2.75, 3.05) is 18.0 Å². The Morgan fingerprint density at radius 2 is 1.56 bits per heavy atom. The van der Waals surface area contributed by atoms with Crippen LogP contribution in [0.25, 0.3) is 0 Å². The van der Waals surface area contributed by atoms with Crippen LogP contribution in [0, 0.1) is 6.92 Å². The minimum atomic E-state index is -4.22. The SMILES string of the molecule is COc1cccc(CN(C(=O)CN(c2cccc(C)c2)S(=O)(=O)c2ccc(Cl)cc2)C(Cc2ccccc2)C(=O)NC2CCCCC2)c1. The van der Waals surface area contributed by atoms with E-state index in [-0.39, 0.29) is 29.8 Å². The van der Waals surface area contributed by atoms with Gasteiger partial charge in [0.1, 0.15) is 18.3 Å². The maximum atomic E-state index is 14.7. The summed E-state index contributed by atoms with van der Waals surface area (Å²) in [5.41, 5.74) is 2.80. The zero-order valence-electron chi connectivity index (χ0n) is 27.3. The van der Waals surface area contributed by atoms with Crippen molar-refractivity contribution in [1.29, 1.82) is 0 Å². The molecule has 0 heterocycles. The van der Waals surface area contributed by atoms with Crippen LogP contribution in [0.1, 0.15) is 48.8 Å². The molecule has 5 rings (SSSR count). The van der Waals surface area contributed by atoms with E-state index in [4.69, 9.17) is 16.3 Å². The van der Waals surface area contributed by atoms with Crippen LogP contribution in [-0.4, -0.2) is 50.9 Å². The average Bonchev–Trinajstić information content (AvgIpc) is 3.09. The number of benzene rings is 4. The van der Waals surface area contributed by atoms with Gasteiger partial charge in [-0.05, 0) is 85.0 Å². The zero-order chi connectivity index (χ0) is 34.1. The Bertz CT molecular complexity index is 1790. The molecule has 1 N–H and O–H groups in total. The van der Waals surface area contributed by atoms with Crippen LogP contribution in [0.3, 0.4) is 0 Å². The van der Waals surface area contributed by atoms with Crippen LogP contribution in [0.15, 0.2) is 108 Å². The molecule has 8 nitrogen and oxygen atoms in total. The lowest BCUT2D eigenvalue weighted by Crippen LogP contribution is -2.55. The van der Waals surface area contributed by atoms with E-state index in [9.17, 15) is 18.0 Å². The number of aryl methyl sites for hydroxylation is 1. The van der Waals surface area contributed by atoms with Gasteiger partial charge in [0.15, 0.2) is 0 Å². The normalized spacial score (nSPS) is 14.1. The van der Waals surface area contributed by atoms with E-state index >= 15 is 0 Å². The van der Waals surface area contributed by atoms with E-state index < -0.39 is 28.5 Å². The standard InChI is InChI=1S/C38H42ClN3O5S/c1-28-11-9-17-33(23-28)42(48(45,46)35-21-19-31(39)20-22-35)27-37(43)41(26-30-14-10-18-34(24-30)47-2)36(25-29-12-5-3-6-13-29)38(44)40-32-15-7-4-8-16-32/h3,5-6,9-14,17-24,32,36H,4,7-8,15-16,25-27H2,1-2H3,(H,40,44). The summed E-state index contributed by atoms with van der Waals surface area (Å²) in [4.78, 5) is 30.5. The molecule has 0 aromatic heterocycles. The topological polar surface area (TPSA) is 96.0 Å². The van der Waals surface area contributed by atoms with Gasteiger partial charge in [-0.25, -0.2) is 8.42 Å². The number of sulfonamides is 1. The van der Waals surface area contributed by atoms with Crippen LogP contribution in [0.5, 0.6) is 5.75 Å². The van der Waals surface area contributed by atoms with Crippen LogP contribution in [0.4, 0.5) is 5.69 Å². The summed E-state index contributed by atoms with van der Waals surface area (Å²) in [5.74, 6) is -0.167. The molecule has 4 aromatic rings. The minimum absolute atomic E-state index is 0.00331. The van der Waals surface area contributed by atoms with Crippen molar-refractivity contribution in [2.24, 2.45) is 0 Å². The Morgan fingerprint density at radius 1 is 0.875 bits per heavy atom. The van der Waals surface area contributed by atoms with E-state index in [0.717, 1.165) is 53.1 Å². The molecule has 0 bridgehead atoms. The quantitative estimate of drug-likeness (QED) is 0.164. The van der Waals surface area contributed by atoms with Gasteiger partial charge in [-0.15, -0.1) is 0 Å². The van der Waals surface area contributed by atoms with Crippen molar-refractivity contribution < 1.29 is 22.7 Å². The van der Waals surface area contributed by atoms with Crippen molar-refractivity contribution in [1.82, 2.24) is 10.2 Å². The largest absolute Gasteiger partial charge is 0.497 e. The molecule has 252 valence electrons. The van der Waals surface area contributed by atoms with Gasteiger partial charge in [-0.3, -0.25) is 13.9 Å². The molecule has 1 unspecified atom stereocenters. The predicted molar refractivity (Wildman–Crippen MR) is 190 cm³/mol. The summed E-state index contributed by atoms with van der Waals surface area (Å²) in [6, 6.07) is 28.9. The second-order valence-corrected chi connectivity index (χ2v) is 14.5. The average molecular weight is 688 g/mol. The molecule has 10 heteroatoms. The number of methoxy groups -OCH3 is 1. The Hall–Kier alpha value is -4.34. The number of hydrogen-bond acceptors (Lipinski definition) is 5. The molecular formula is C38H42ClN3O5S. The van der Waals surface area contributed by atoms with Crippen LogP contribution < -0.4 is 14.4 Å². The maximum absolute atomic E-state index is 14.7. The molecule has 4 aromatic carbocycles. The summed E-state index contributed by atoms with van der Waals surface area (Å²) >= 11 is 6.09. The number of carbonyl (C=O) groups is 2. The minimum Gasteiger partial charge on any atom is -0.497 e. The third kappa shape index (κ3) is 8.96. The summed E-state index contributed by atoms with van der Waals surface area (Å²) in [7, 11) is -2.65. The first-order chi connectivity index (χ1) is 23.1. The number of nitrogens with zero attached hydrogens (tertiary/aromatic N) is 2. The van der Waals surface area contributed by atoms with Gasteiger partial charge in [0.2, 0.25) is 11.8 Å². The van der Waals surface area contributed by atoms with E-state index in [1.807, 2.05) is 67.6 Å². The molecule has 1 saturated carbocycles. The molecule has 1 aliphatic rings. The molecule has 1 fully saturated rings. The number of rotatable bonds is 13. The van der Waals surface area contributed by atoms with Crippen molar-refractivity contribution >= 4 is 39.1 Å². The molecule has 48 heavy (non-hydrogen) atoms. The van der Waals surface area contributed by atoms with Crippen molar-refractivity contribution in [3.63, 3.8) is 0 Å². The molecular weight excluding hydrogens is 646 g/mol. The second kappa shape index (κ2) is 16.2. The first kappa shape index (κ1) is 35.0. The molecule has 1 atom stereocenters. The number of nitrogens with one attached hydrogen (secondary N) is 1. The number of ether oxygens (including phenoxy) is 1. The Labute approximate surface area is 288 Å². The van der Waals surface area contributed by atoms with Crippen LogP contribution >= 0.6 is 11.6 Å². The van der Waals surface area contributed by atoms with Crippen LogP contribution in [-0.2, 0) is 32.6 Å². The maximum Gasteiger partial charge on any atom is 0.264 e. The summed E-state index contributed by atoms with van der Waals surface area (Å²) in [6.45, 7) is 1.40. The number of anilines is 1. The van der Waals surface area contributed by atoms with Gasteiger partial charge in [0.25, 0.3) is 10.0 Å². The number of hydrogen-bond donors (Lipinski definition) is 1. The highest BCUT2D eigenvalue weighted by Crippen LogP contribution is 2.27. The number of amides is 2. The first-order valence-electron chi connectivity index (χ1n) is 16.3. The fourth-order valence-electron chi connectivity index (χ4n) is 6.11. The third-order valence-electron chi connectivity index (χ3n) is 8.68. The summed E-state index contributed by atoms with van der Waals surface area (Å²) in [6.07, 6.45) is 5.23. The van der Waals surface area contributed by atoms with Crippen molar-refractivity contribution in [3.05, 3.63) is 125 Å². The van der Waals surface area contributed by atoms with Gasteiger partial charge in [0.05, 0.1) is 17.7 Å². The highest BCUT2D eigenvalue weighted by molar-refractivity contribution is 7.92. The van der Waals surface area contributed by atoms with E-state index in [0.29, 0.717) is 16.5 Å². The molecule has 1 aliphatic carbocycles. The summed E-state index contributed by atoms with van der Waals surface area (Å²) in [5, 5.41) is 3.63. The highest BCUT2D eigenvalue weighted by Gasteiger charge is 2.35. The van der Waals surface area contributed by atoms with Crippen molar-refractivity contribution in [3.8, 4) is 5.75 Å². The fourth-order valence-corrected chi connectivity index (χ4v) is 7.64. The van der Waals surface area contributed by atoms with E-state index in [1.165, 1.54) is 29.2 Å². The molecule has 0 spiro atoms. The number of carbonyl (C=O) groups excluding carboxylic acids is 2. The van der Waals surface area contributed by atoms with E-state index in [1.54, 1.807) is 25.3 Å². The lowest BCUT2D eigenvalue weighted by molar-refractivity contribution is -0.140. The molecule has 0 saturated heterocycles. The summed E-state index contributed by atoms with van der Waals surface area (Å²) < 4.78 is 35.0. The van der Waals surface area contributed by atoms with Crippen LogP contribution in [0.2, 0.25) is 5.02 Å². The van der Waals surface area contributed by atoms with E-state index in [2.05, 4.69) is 5.32 Å². The predicted octanol–water partition coefficient (Wildman–Crippen LogP) is 6.94. The highest BCUT2D eigenvalue weighted by atomic mass is 35.5. The third-order valence-corrected chi connectivity index (χ3v) is 10.7. The van der Waals surface area contributed by atoms with Gasteiger partial charge in [0, 0.05) is 24.0 Å². The lowest BCUT2D eigenvalue weighted by atomic mass is 9.94. The monoisotopic (exact) mass is 687 g/mol. The molecule has 0 radical (unpaired) electrons. The zero-order valence-corrected chi connectivity index (χ0v) is 28.9. The van der Waals surface area contributed by atoms with Gasteiger partial charge < -0.3 is 15.0 Å². The second-order valence-electron chi connectivity index (χ2n) is 12.2. The fraction of sp³-hybridized carbons (Fsp3) is 0.316. The lowest BCUT2D eigenvalue weighted by Gasteiger charge is -2.35. The van der Waals surface area contributed by atoms with Gasteiger partial charge >= 0.3 is 0 Å². The smallest absolute Gasteiger partial charge is 0.264 e. The Morgan fingerprint density at radius 3 is 2.25 bits per heavy atom. The van der Waals surface area contributed by atoms with Gasteiger partial charge in [-0.1, -0.05) is 85.5 Å². The first-order valence-corrected chi connectivity index (χ1v) is 18.1. The number of halogens is 1.